The second-order valence-electron chi connectivity index (χ2n) is 19.2. The molecule has 3 atom stereocenters. The molecule has 1 aliphatic rings. The number of hydrogen-bond acceptors (Lipinski definition) is 2. The van der Waals surface area contributed by atoms with Crippen molar-refractivity contribution in [2.45, 2.75) is 104 Å². The van der Waals surface area contributed by atoms with Crippen LogP contribution in [-0.4, -0.2) is 221 Å². The van der Waals surface area contributed by atoms with Crippen LogP contribution in [0.5, 0.6) is 0 Å². The fourth-order valence-electron chi connectivity index (χ4n) is 9.02. The van der Waals surface area contributed by atoms with Crippen LogP contribution in [0, 0.1) is 0 Å². The van der Waals surface area contributed by atoms with E-state index in [-0.39, 0.29) is 11.6 Å². The van der Waals surface area contributed by atoms with Crippen molar-refractivity contribution in [3.8, 4) is 0 Å². The summed E-state index contributed by atoms with van der Waals surface area (Å²) in [6, 6.07) is 0.269. The van der Waals surface area contributed by atoms with Gasteiger partial charge in [0.15, 0.2) is 22.5 Å². The molecule has 21 heteroatoms. The highest BCUT2D eigenvalue weighted by atomic mass is 31.3. The Kier molecular flexibility index (Phi) is 21.1. The van der Waals surface area contributed by atoms with Crippen LogP contribution in [0.15, 0.2) is 23.0 Å². The highest BCUT2D eigenvalue weighted by molar-refractivity contribution is 7.80. The van der Waals surface area contributed by atoms with Crippen LogP contribution in [-0.2, 0) is 0 Å². The molecule has 3 unspecified atom stereocenters. The highest BCUT2D eigenvalue weighted by Crippen LogP contribution is 2.78. The van der Waals surface area contributed by atoms with Crippen LogP contribution in [0.25, 0.3) is 0 Å². The van der Waals surface area contributed by atoms with E-state index in [2.05, 4.69) is 241 Å². The summed E-state index contributed by atoms with van der Waals surface area (Å²) in [5, 5.41) is 0. The van der Waals surface area contributed by atoms with E-state index in [9.17, 15) is 0 Å². The molecule has 0 aliphatic carbocycles. The van der Waals surface area contributed by atoms with Crippen LogP contribution in [0.2, 0.25) is 0 Å². The molecule has 348 valence electrons. The summed E-state index contributed by atoms with van der Waals surface area (Å²) in [5.74, 6) is 0. The van der Waals surface area contributed by atoms with Crippen molar-refractivity contribution in [3.63, 3.8) is 0 Å². The molecule has 0 saturated carbocycles. The molecule has 0 spiro atoms. The van der Waals surface area contributed by atoms with Crippen LogP contribution in [0.4, 0.5) is 0 Å². The lowest BCUT2D eigenvalue weighted by Crippen LogP contribution is -2.46. The maximum Gasteiger partial charge on any atom is 0.306 e. The number of hydrogen-bond donors (Lipinski definition) is 0. The summed E-state index contributed by atoms with van der Waals surface area (Å²) in [5.41, 5.74) is -0.248. The Hall–Kier alpha value is 0.710. The first-order valence-electron chi connectivity index (χ1n) is 21.0. The first-order valence-corrected chi connectivity index (χ1v) is 29.1. The molecule has 0 aromatic rings. The predicted molar refractivity (Wildman–Crippen MR) is 266 cm³/mol. The molecule has 1 rings (SSSR count). The Balaban J connectivity index is 5.05. The summed E-state index contributed by atoms with van der Waals surface area (Å²) in [6.45, 7) is 20.6. The van der Waals surface area contributed by atoms with Gasteiger partial charge in [-0.2, -0.15) is 13.5 Å². The average Bonchev–Trinajstić information content (AvgIpc) is 3.05. The van der Waals surface area contributed by atoms with E-state index in [1.54, 1.807) is 0 Å². The number of nitrogens with zero attached hydrogens (tertiary/aromatic N) is 16. The van der Waals surface area contributed by atoms with Gasteiger partial charge in [-0.3, -0.25) is 56.1 Å². The van der Waals surface area contributed by atoms with Crippen LogP contribution < -0.4 is 0 Å². The quantitative estimate of drug-likeness (QED) is 0.116. The van der Waals surface area contributed by atoms with Crippen molar-refractivity contribution < 1.29 is 0 Å². The third-order valence-corrected chi connectivity index (χ3v) is 32.0. The number of rotatable bonds is 19. The zero-order chi connectivity index (χ0) is 45.8. The summed E-state index contributed by atoms with van der Waals surface area (Å²) in [7, 11) is 27.6. The third kappa shape index (κ3) is 11.9. The minimum absolute atomic E-state index is 0.163. The maximum absolute atomic E-state index is 6.22. The molecular weight excluding hydrogens is 823 g/mol. The summed E-state index contributed by atoms with van der Waals surface area (Å²) >= 11 is 0. The molecule has 1 heterocycles. The summed E-state index contributed by atoms with van der Waals surface area (Å²) < 4.78 is 56.8. The molecular formula is C37H95N16P5. The molecule has 0 N–H and O–H groups in total. The van der Waals surface area contributed by atoms with E-state index in [0.29, 0.717) is 5.66 Å². The molecule has 1 saturated heterocycles. The Labute approximate surface area is 361 Å². The molecule has 0 bridgehead atoms. The Morgan fingerprint density at radius 1 is 0.569 bits per heavy atom. The van der Waals surface area contributed by atoms with Gasteiger partial charge < -0.3 is 0 Å². The maximum atomic E-state index is 6.22. The van der Waals surface area contributed by atoms with E-state index in [1.165, 1.54) is 0 Å². The molecule has 1 fully saturated rings. The van der Waals surface area contributed by atoms with E-state index in [1.807, 2.05) is 0 Å². The monoisotopic (exact) mass is 919 g/mol. The van der Waals surface area contributed by atoms with Crippen molar-refractivity contribution in [1.29, 1.82) is 0 Å². The molecule has 0 aromatic carbocycles. The lowest BCUT2D eigenvalue weighted by Gasteiger charge is -2.54. The molecule has 0 aromatic heterocycles. The normalized spacial score (nSPS) is 21.3. The van der Waals surface area contributed by atoms with Gasteiger partial charge in [0.25, 0.3) is 0 Å². The minimum atomic E-state index is -3.44. The summed E-state index contributed by atoms with van der Waals surface area (Å²) in [4.78, 5) is 0. The molecule has 0 amide bonds. The van der Waals surface area contributed by atoms with Gasteiger partial charge in [0.2, 0.25) is 0 Å². The van der Waals surface area contributed by atoms with Crippen molar-refractivity contribution in [2.75, 3.05) is 147 Å². The van der Waals surface area contributed by atoms with E-state index < -0.39 is 42.9 Å². The Morgan fingerprint density at radius 3 is 1.16 bits per heavy atom. The second kappa shape index (κ2) is 21.6. The van der Waals surface area contributed by atoms with Gasteiger partial charge in [-0.25, -0.2) is 4.74 Å². The lowest BCUT2D eigenvalue weighted by atomic mass is 9.93. The SMILES string of the molecule is CCCN(CC)P1(=NC(C)(C)C)C(C)CCC(CC(C)(C)N=P(N=P(N(C)C)(N(C)C)N(C)C)(N=P(N(C)C)(N(C)C)N(C)C)N=P(N(C)C)(N(C)C)N(C)C)N1C. The van der Waals surface area contributed by atoms with Crippen LogP contribution in [0.3, 0.4) is 0 Å². The second-order valence-corrected chi connectivity index (χ2v) is 36.6. The van der Waals surface area contributed by atoms with Crippen LogP contribution >= 0.6 is 37.4 Å². The third-order valence-electron chi connectivity index (χ3n) is 10.9. The van der Waals surface area contributed by atoms with Gasteiger partial charge in [0.05, 0.1) is 11.1 Å². The Bertz CT molecular complexity index is 1410. The van der Waals surface area contributed by atoms with Gasteiger partial charge in [-0.05, 0) is 194 Å². The smallest absolute Gasteiger partial charge is 0.268 e. The summed E-state index contributed by atoms with van der Waals surface area (Å²) in [6.07, 6.45) is 4.18. The van der Waals surface area contributed by atoms with Gasteiger partial charge in [-0.1, -0.05) is 20.8 Å². The predicted octanol–water partition coefficient (Wildman–Crippen LogP) is 10.0. The zero-order valence-corrected chi connectivity index (χ0v) is 47.3. The van der Waals surface area contributed by atoms with Gasteiger partial charge >= 0.3 is 7.51 Å². The first kappa shape index (κ1) is 56.7. The van der Waals surface area contributed by atoms with E-state index in [0.717, 1.165) is 38.8 Å². The average molecular weight is 919 g/mol. The van der Waals surface area contributed by atoms with Crippen molar-refractivity contribution >= 4 is 37.4 Å². The standard InChI is InChI=1S/C37H95N16P5/c1-28-32-53(29-2)54(38-36(4,5)6)34(3)30-31-35(52(54)27)33-37(7,8)39-55(40-56(43(9)10,44(11)12)45(13)14,41-57(46(15)16,47(17)18)48(19)20)42-58(49(21)22,50(23)24)51(25)26/h34-35H,28-33H2,1-27H3. The zero-order valence-electron chi connectivity index (χ0n) is 42.8. The van der Waals surface area contributed by atoms with Gasteiger partial charge in [0.1, 0.15) is 7.36 Å². The fraction of sp³-hybridized carbons (Fsp3) is 1.00. The van der Waals surface area contributed by atoms with Gasteiger partial charge in [0, 0.05) is 24.8 Å². The van der Waals surface area contributed by atoms with Crippen LogP contribution in [0.1, 0.15) is 81.1 Å². The first-order chi connectivity index (χ1) is 26.2. The fourth-order valence-corrected chi connectivity index (χ4v) is 32.8. The minimum Gasteiger partial charge on any atom is -0.268 e. The topological polar surface area (TPSA) is 97.4 Å². The largest absolute Gasteiger partial charge is 0.306 e. The van der Waals surface area contributed by atoms with Crippen molar-refractivity contribution in [2.24, 2.45) is 23.0 Å². The molecule has 0 radical (unpaired) electrons. The molecule has 16 nitrogen and oxygen atoms in total. The molecule has 58 heavy (non-hydrogen) atoms. The van der Waals surface area contributed by atoms with Gasteiger partial charge in [-0.15, -0.1) is 0 Å². The molecule has 1 aliphatic heterocycles. The Morgan fingerprint density at radius 2 is 0.897 bits per heavy atom. The highest BCUT2D eigenvalue weighted by Gasteiger charge is 2.47. The van der Waals surface area contributed by atoms with E-state index in [4.69, 9.17) is 23.0 Å². The van der Waals surface area contributed by atoms with Crippen molar-refractivity contribution in [1.82, 2.24) is 51.4 Å². The van der Waals surface area contributed by atoms with E-state index >= 15 is 0 Å². The lowest BCUT2D eigenvalue weighted by molar-refractivity contribution is 0.248. The van der Waals surface area contributed by atoms with Crippen molar-refractivity contribution in [3.05, 3.63) is 0 Å².